The number of benzene rings is 1. The Morgan fingerprint density at radius 3 is 2.65 bits per heavy atom. The van der Waals surface area contributed by atoms with Crippen molar-refractivity contribution in [1.82, 2.24) is 0 Å². The molecule has 0 saturated carbocycles. The lowest BCUT2D eigenvalue weighted by molar-refractivity contribution is -0.380. The number of anilines is 1. The number of sulfonamides is 1. The van der Waals surface area contributed by atoms with Gasteiger partial charge in [-0.3, -0.25) is 14.8 Å². The molecule has 0 amide bonds. The maximum atomic E-state index is 12.1. The Labute approximate surface area is 118 Å². The molecule has 1 aromatic heterocycles. The fraction of sp³-hybridized carbons (Fsp3) is 0. The van der Waals surface area contributed by atoms with Gasteiger partial charge in [0.1, 0.15) is 11.0 Å². The van der Waals surface area contributed by atoms with E-state index in [4.69, 9.17) is 5.26 Å². The number of hydrogen-bond donors (Lipinski definition) is 1. The number of nitrogens with one attached hydrogen (secondary N) is 1. The first-order chi connectivity index (χ1) is 9.44. The molecule has 1 N–H and O–H groups in total. The van der Waals surface area contributed by atoms with Gasteiger partial charge in [0.2, 0.25) is 0 Å². The highest BCUT2D eigenvalue weighted by molar-refractivity contribution is 7.92. The number of thiophene rings is 1. The Morgan fingerprint density at radius 1 is 1.35 bits per heavy atom. The molecular formula is C11H7N3O4S2. The van der Waals surface area contributed by atoms with Crippen LogP contribution in [0, 0.1) is 21.4 Å². The fourth-order valence-electron chi connectivity index (χ4n) is 1.42. The molecule has 0 saturated heterocycles. The fourth-order valence-corrected chi connectivity index (χ4v) is 3.58. The lowest BCUT2D eigenvalue weighted by Gasteiger charge is -2.07. The lowest BCUT2D eigenvalue weighted by atomic mass is 10.2. The van der Waals surface area contributed by atoms with Crippen molar-refractivity contribution in [2.45, 2.75) is 4.90 Å². The van der Waals surface area contributed by atoms with Gasteiger partial charge in [-0.1, -0.05) is 23.5 Å². The van der Waals surface area contributed by atoms with Crippen LogP contribution in [0.2, 0.25) is 0 Å². The topological polar surface area (TPSA) is 113 Å². The van der Waals surface area contributed by atoms with E-state index >= 15 is 0 Å². The number of hydrogen-bond acceptors (Lipinski definition) is 6. The average Bonchev–Trinajstić information content (AvgIpc) is 2.89. The molecule has 0 aliphatic heterocycles. The summed E-state index contributed by atoms with van der Waals surface area (Å²) in [5.41, 5.74) is 0.296. The van der Waals surface area contributed by atoms with E-state index in [9.17, 15) is 18.5 Å². The molecule has 102 valence electrons. The zero-order valence-electron chi connectivity index (χ0n) is 9.81. The number of nitrogens with zero attached hydrogens (tertiary/aromatic N) is 2. The van der Waals surface area contributed by atoms with Crippen molar-refractivity contribution in [3.8, 4) is 6.07 Å². The minimum atomic E-state index is -3.95. The summed E-state index contributed by atoms with van der Waals surface area (Å²) in [6.45, 7) is 0. The minimum absolute atomic E-state index is 0.129. The molecule has 9 heteroatoms. The van der Waals surface area contributed by atoms with Gasteiger partial charge in [0.25, 0.3) is 10.0 Å². The van der Waals surface area contributed by atoms with E-state index in [-0.39, 0.29) is 21.1 Å². The van der Waals surface area contributed by atoms with Gasteiger partial charge in [0.15, 0.2) is 0 Å². The van der Waals surface area contributed by atoms with Crippen molar-refractivity contribution in [2.75, 3.05) is 4.72 Å². The van der Waals surface area contributed by atoms with E-state index in [2.05, 4.69) is 4.72 Å². The first-order valence-corrected chi connectivity index (χ1v) is 7.55. The van der Waals surface area contributed by atoms with Crippen LogP contribution in [-0.4, -0.2) is 13.3 Å². The van der Waals surface area contributed by atoms with Crippen LogP contribution in [0.25, 0.3) is 0 Å². The van der Waals surface area contributed by atoms with Crippen LogP contribution < -0.4 is 4.72 Å². The smallest absolute Gasteiger partial charge is 0.278 e. The summed E-state index contributed by atoms with van der Waals surface area (Å²) in [5.74, 6) is 0. The highest BCUT2D eigenvalue weighted by Crippen LogP contribution is 2.27. The summed E-state index contributed by atoms with van der Waals surface area (Å²) >= 11 is 0.722. The summed E-state index contributed by atoms with van der Waals surface area (Å²) < 4.78 is 26.4. The quantitative estimate of drug-likeness (QED) is 0.687. The molecule has 0 aliphatic carbocycles. The second-order valence-corrected chi connectivity index (χ2v) is 6.21. The Balaban J connectivity index is 2.36. The molecule has 0 unspecified atom stereocenters. The van der Waals surface area contributed by atoms with Gasteiger partial charge >= 0.3 is 5.00 Å². The summed E-state index contributed by atoms with van der Waals surface area (Å²) in [5, 5.41) is 20.4. The standard InChI is InChI=1S/C11H7N3O4S2/c12-6-8-3-1-2-4-10(8)13-20(17,18)9-5-11(14(15)16)19-7-9/h1-5,7,13H. The van der Waals surface area contributed by atoms with Gasteiger partial charge in [-0.15, -0.1) is 0 Å². The molecule has 0 aliphatic rings. The van der Waals surface area contributed by atoms with Crippen molar-refractivity contribution in [3.05, 3.63) is 51.4 Å². The monoisotopic (exact) mass is 309 g/mol. The minimum Gasteiger partial charge on any atom is -0.278 e. The van der Waals surface area contributed by atoms with E-state index in [1.807, 2.05) is 6.07 Å². The molecule has 2 rings (SSSR count). The van der Waals surface area contributed by atoms with E-state index in [1.165, 1.54) is 17.5 Å². The highest BCUT2D eigenvalue weighted by Gasteiger charge is 2.21. The third-order valence-corrected chi connectivity index (χ3v) is 4.72. The van der Waals surface area contributed by atoms with Crippen LogP contribution in [0.3, 0.4) is 0 Å². The van der Waals surface area contributed by atoms with Crippen molar-refractivity contribution >= 4 is 32.0 Å². The molecule has 7 nitrogen and oxygen atoms in total. The largest absolute Gasteiger partial charge is 0.325 e. The number of rotatable bonds is 4. The van der Waals surface area contributed by atoms with Crippen LogP contribution in [0.1, 0.15) is 5.56 Å². The van der Waals surface area contributed by atoms with Crippen molar-refractivity contribution in [1.29, 1.82) is 5.26 Å². The van der Waals surface area contributed by atoms with Crippen molar-refractivity contribution < 1.29 is 13.3 Å². The molecule has 0 fully saturated rings. The number of nitro groups is 1. The summed E-state index contributed by atoms with van der Waals surface area (Å²) in [6, 6.07) is 8.92. The third kappa shape index (κ3) is 2.76. The first-order valence-electron chi connectivity index (χ1n) is 5.19. The Kier molecular flexibility index (Phi) is 3.69. The van der Waals surface area contributed by atoms with Gasteiger partial charge in [-0.25, -0.2) is 8.42 Å². The summed E-state index contributed by atoms with van der Waals surface area (Å²) in [4.78, 5) is 9.69. The number of nitriles is 1. The maximum absolute atomic E-state index is 12.1. The molecule has 2 aromatic rings. The molecule has 1 aromatic carbocycles. The van der Waals surface area contributed by atoms with Crippen LogP contribution in [0.5, 0.6) is 0 Å². The lowest BCUT2D eigenvalue weighted by Crippen LogP contribution is -2.13. The Morgan fingerprint density at radius 2 is 2.05 bits per heavy atom. The highest BCUT2D eigenvalue weighted by atomic mass is 32.2. The van der Waals surface area contributed by atoms with Crippen LogP contribution in [-0.2, 0) is 10.0 Å². The van der Waals surface area contributed by atoms with Crippen LogP contribution >= 0.6 is 11.3 Å². The normalized spacial score (nSPS) is 10.8. The second kappa shape index (κ2) is 5.28. The Bertz CT molecular complexity index is 805. The molecule has 0 spiro atoms. The van der Waals surface area contributed by atoms with Crippen LogP contribution in [0.4, 0.5) is 10.7 Å². The molecule has 0 radical (unpaired) electrons. The molecular weight excluding hydrogens is 302 g/mol. The maximum Gasteiger partial charge on any atom is 0.325 e. The molecule has 0 bridgehead atoms. The van der Waals surface area contributed by atoms with Crippen molar-refractivity contribution in [3.63, 3.8) is 0 Å². The summed E-state index contributed by atoms with van der Waals surface area (Å²) in [7, 11) is -3.95. The average molecular weight is 309 g/mol. The predicted octanol–water partition coefficient (Wildman–Crippen LogP) is 2.33. The molecule has 1 heterocycles. The first kappa shape index (κ1) is 14.0. The van der Waals surface area contributed by atoms with E-state index in [1.54, 1.807) is 12.1 Å². The third-order valence-electron chi connectivity index (χ3n) is 2.34. The SMILES string of the molecule is N#Cc1ccccc1NS(=O)(=O)c1csc([N+](=O)[O-])c1. The second-order valence-electron chi connectivity index (χ2n) is 3.64. The van der Waals surface area contributed by atoms with E-state index in [0.717, 1.165) is 17.4 Å². The van der Waals surface area contributed by atoms with Crippen molar-refractivity contribution in [2.24, 2.45) is 0 Å². The van der Waals surface area contributed by atoms with E-state index in [0.29, 0.717) is 0 Å². The molecule has 0 atom stereocenters. The predicted molar refractivity (Wildman–Crippen MR) is 72.9 cm³/mol. The number of para-hydroxylation sites is 1. The summed E-state index contributed by atoms with van der Waals surface area (Å²) in [6.07, 6.45) is 0. The zero-order valence-corrected chi connectivity index (χ0v) is 11.4. The van der Waals surface area contributed by atoms with Gasteiger partial charge < -0.3 is 0 Å². The van der Waals surface area contributed by atoms with Gasteiger partial charge in [-0.05, 0) is 12.1 Å². The zero-order chi connectivity index (χ0) is 14.8. The Hall–Kier alpha value is -2.44. The van der Waals surface area contributed by atoms with E-state index < -0.39 is 14.9 Å². The van der Waals surface area contributed by atoms with Gasteiger partial charge in [-0.2, -0.15) is 5.26 Å². The van der Waals surface area contributed by atoms with Crippen LogP contribution in [0.15, 0.2) is 40.6 Å². The van der Waals surface area contributed by atoms with Gasteiger partial charge in [0, 0.05) is 11.4 Å². The van der Waals surface area contributed by atoms with Gasteiger partial charge in [0.05, 0.1) is 16.2 Å². The molecule has 20 heavy (non-hydrogen) atoms.